The molecule has 0 N–H and O–H groups in total. The molecule has 0 spiro atoms. The predicted molar refractivity (Wildman–Crippen MR) is 116 cm³/mol. The van der Waals surface area contributed by atoms with Crippen LogP contribution in [0, 0.1) is 0 Å². The summed E-state index contributed by atoms with van der Waals surface area (Å²) in [5.41, 5.74) is 2.74. The van der Waals surface area contributed by atoms with Crippen molar-refractivity contribution < 1.29 is 19.1 Å². The Kier molecular flexibility index (Phi) is 7.53. The van der Waals surface area contributed by atoms with Crippen molar-refractivity contribution >= 4 is 35.1 Å². The Hall–Kier alpha value is -2.34. The molecule has 2 aromatic rings. The van der Waals surface area contributed by atoms with E-state index in [1.807, 2.05) is 24.3 Å². The van der Waals surface area contributed by atoms with Gasteiger partial charge in [-0.05, 0) is 42.3 Å². The molecular weight excluding hydrogens is 425 g/mol. The van der Waals surface area contributed by atoms with Crippen LogP contribution >= 0.6 is 23.2 Å². The van der Waals surface area contributed by atoms with Gasteiger partial charge in [0.15, 0.2) is 0 Å². The van der Waals surface area contributed by atoms with Gasteiger partial charge < -0.3 is 14.4 Å². The molecule has 1 aliphatic rings. The Labute approximate surface area is 186 Å². The normalized spacial score (nSPS) is 16.7. The molecular formula is C23H23Cl2NO4. The van der Waals surface area contributed by atoms with Crippen LogP contribution in [0.2, 0.25) is 10.0 Å². The number of nitrogens with zero attached hydrogens (tertiary/aromatic N) is 1. The molecule has 0 saturated carbocycles. The van der Waals surface area contributed by atoms with Crippen molar-refractivity contribution in [3.05, 3.63) is 81.0 Å². The molecule has 0 radical (unpaired) electrons. The van der Waals surface area contributed by atoms with E-state index in [9.17, 15) is 9.59 Å². The SMILES string of the molecule is COCCN1C(=O)CC(c2ccc(Cl)cc2)C(C(=O)OCc2ccc(Cl)cc2)=C1C. The van der Waals surface area contributed by atoms with Gasteiger partial charge in [0.25, 0.3) is 0 Å². The third kappa shape index (κ3) is 5.22. The molecule has 1 atom stereocenters. The van der Waals surface area contributed by atoms with E-state index in [1.165, 1.54) is 0 Å². The maximum atomic E-state index is 13.1. The number of carbonyl (C=O) groups excluding carboxylic acids is 2. The lowest BCUT2D eigenvalue weighted by atomic mass is 9.83. The molecule has 1 unspecified atom stereocenters. The van der Waals surface area contributed by atoms with Crippen LogP contribution in [-0.2, 0) is 25.7 Å². The number of rotatable bonds is 7. The van der Waals surface area contributed by atoms with Crippen LogP contribution in [0.5, 0.6) is 0 Å². The Balaban J connectivity index is 1.90. The average Bonchev–Trinajstić information content (AvgIpc) is 2.73. The van der Waals surface area contributed by atoms with Gasteiger partial charge in [0.1, 0.15) is 6.61 Å². The maximum Gasteiger partial charge on any atom is 0.336 e. The third-order valence-corrected chi connectivity index (χ3v) is 5.62. The number of amides is 1. The molecule has 1 aliphatic heterocycles. The number of hydrogen-bond acceptors (Lipinski definition) is 4. The van der Waals surface area contributed by atoms with Gasteiger partial charge in [0.2, 0.25) is 5.91 Å². The van der Waals surface area contributed by atoms with E-state index in [1.54, 1.807) is 43.2 Å². The maximum absolute atomic E-state index is 13.1. The van der Waals surface area contributed by atoms with Gasteiger partial charge in [-0.15, -0.1) is 0 Å². The van der Waals surface area contributed by atoms with Gasteiger partial charge in [-0.3, -0.25) is 4.79 Å². The summed E-state index contributed by atoms with van der Waals surface area (Å²) in [6.07, 6.45) is 0.175. The smallest absolute Gasteiger partial charge is 0.336 e. The van der Waals surface area contributed by atoms with Crippen molar-refractivity contribution in [3.8, 4) is 0 Å². The zero-order valence-electron chi connectivity index (χ0n) is 16.9. The molecule has 158 valence electrons. The predicted octanol–water partition coefficient (Wildman–Crippen LogP) is 4.97. The van der Waals surface area contributed by atoms with Gasteiger partial charge >= 0.3 is 5.97 Å². The van der Waals surface area contributed by atoms with E-state index in [0.717, 1.165) is 11.1 Å². The number of methoxy groups -OCH3 is 1. The third-order valence-electron chi connectivity index (χ3n) is 5.12. The highest BCUT2D eigenvalue weighted by molar-refractivity contribution is 6.30. The first-order valence-corrected chi connectivity index (χ1v) is 10.3. The van der Waals surface area contributed by atoms with Gasteiger partial charge in [-0.1, -0.05) is 47.5 Å². The van der Waals surface area contributed by atoms with Crippen LogP contribution in [0.1, 0.15) is 30.4 Å². The molecule has 0 fully saturated rings. The van der Waals surface area contributed by atoms with E-state index < -0.39 is 11.9 Å². The van der Waals surface area contributed by atoms with Crippen molar-refractivity contribution in [3.63, 3.8) is 0 Å². The second-order valence-corrected chi connectivity index (χ2v) is 7.92. The van der Waals surface area contributed by atoms with Crippen molar-refractivity contribution in [2.24, 2.45) is 0 Å². The summed E-state index contributed by atoms with van der Waals surface area (Å²) in [6, 6.07) is 14.3. The first-order valence-electron chi connectivity index (χ1n) is 9.57. The molecule has 0 saturated heterocycles. The number of benzene rings is 2. The van der Waals surface area contributed by atoms with Crippen LogP contribution in [0.3, 0.4) is 0 Å². The van der Waals surface area contributed by atoms with Crippen molar-refractivity contribution in [1.82, 2.24) is 4.90 Å². The molecule has 1 heterocycles. The summed E-state index contributed by atoms with van der Waals surface area (Å²) in [5, 5.41) is 1.21. The zero-order chi connectivity index (χ0) is 21.7. The van der Waals surface area contributed by atoms with Gasteiger partial charge in [0, 0.05) is 41.7 Å². The lowest BCUT2D eigenvalue weighted by Gasteiger charge is -2.34. The number of ether oxygens (including phenoxy) is 2. The summed E-state index contributed by atoms with van der Waals surface area (Å²) < 4.78 is 10.7. The van der Waals surface area contributed by atoms with Crippen molar-refractivity contribution in [1.29, 1.82) is 0 Å². The Morgan fingerprint density at radius 1 is 1.07 bits per heavy atom. The fourth-order valence-corrected chi connectivity index (χ4v) is 3.78. The molecule has 0 bridgehead atoms. The Morgan fingerprint density at radius 2 is 1.67 bits per heavy atom. The number of carbonyl (C=O) groups is 2. The Morgan fingerprint density at radius 3 is 2.27 bits per heavy atom. The van der Waals surface area contributed by atoms with Crippen LogP contribution in [0.4, 0.5) is 0 Å². The van der Waals surface area contributed by atoms with E-state index in [4.69, 9.17) is 32.7 Å². The number of halogens is 2. The first-order chi connectivity index (χ1) is 14.4. The van der Waals surface area contributed by atoms with Crippen LogP contribution in [0.15, 0.2) is 59.8 Å². The quantitative estimate of drug-likeness (QED) is 0.561. The summed E-state index contributed by atoms with van der Waals surface area (Å²) in [4.78, 5) is 27.5. The highest BCUT2D eigenvalue weighted by Crippen LogP contribution is 2.37. The minimum atomic E-state index is -0.447. The number of esters is 1. The average molecular weight is 448 g/mol. The largest absolute Gasteiger partial charge is 0.457 e. The standard InChI is InChI=1S/C23H23Cl2NO4/c1-15-22(23(28)30-14-16-3-7-18(24)8-4-16)20(17-5-9-19(25)10-6-17)13-21(27)26(15)11-12-29-2/h3-10,20H,11-14H2,1-2H3. The lowest BCUT2D eigenvalue weighted by molar-refractivity contribution is -0.141. The minimum Gasteiger partial charge on any atom is -0.457 e. The van der Waals surface area contributed by atoms with Crippen molar-refractivity contribution in [2.45, 2.75) is 25.9 Å². The molecule has 0 aliphatic carbocycles. The highest BCUT2D eigenvalue weighted by Gasteiger charge is 2.36. The molecule has 3 rings (SSSR count). The van der Waals surface area contributed by atoms with Gasteiger partial charge in [0.05, 0.1) is 12.2 Å². The van der Waals surface area contributed by atoms with Gasteiger partial charge in [-0.25, -0.2) is 4.79 Å². The van der Waals surface area contributed by atoms with E-state index in [0.29, 0.717) is 34.5 Å². The van der Waals surface area contributed by atoms with Crippen LogP contribution in [0.25, 0.3) is 0 Å². The molecule has 0 aromatic heterocycles. The summed E-state index contributed by atoms with van der Waals surface area (Å²) in [5.74, 6) is -0.901. The summed E-state index contributed by atoms with van der Waals surface area (Å²) in [6.45, 7) is 2.64. The van der Waals surface area contributed by atoms with Gasteiger partial charge in [-0.2, -0.15) is 0 Å². The van der Waals surface area contributed by atoms with E-state index in [-0.39, 0.29) is 18.9 Å². The second-order valence-electron chi connectivity index (χ2n) is 7.05. The fraction of sp³-hybridized carbons (Fsp3) is 0.304. The first kappa shape index (κ1) is 22.3. The van der Waals surface area contributed by atoms with E-state index in [2.05, 4.69) is 0 Å². The lowest BCUT2D eigenvalue weighted by Crippen LogP contribution is -2.40. The van der Waals surface area contributed by atoms with Crippen LogP contribution in [-0.4, -0.2) is 37.0 Å². The zero-order valence-corrected chi connectivity index (χ0v) is 18.4. The highest BCUT2D eigenvalue weighted by atomic mass is 35.5. The second kappa shape index (κ2) is 10.1. The monoisotopic (exact) mass is 447 g/mol. The van der Waals surface area contributed by atoms with Crippen LogP contribution < -0.4 is 0 Å². The molecule has 2 aromatic carbocycles. The van der Waals surface area contributed by atoms with Crippen molar-refractivity contribution in [2.75, 3.05) is 20.3 Å². The minimum absolute atomic E-state index is 0.0567. The molecule has 30 heavy (non-hydrogen) atoms. The van der Waals surface area contributed by atoms with E-state index >= 15 is 0 Å². The number of hydrogen-bond donors (Lipinski definition) is 0. The number of allylic oxidation sites excluding steroid dienone is 1. The molecule has 5 nitrogen and oxygen atoms in total. The topological polar surface area (TPSA) is 55.8 Å². The molecule has 7 heteroatoms. The fourth-order valence-electron chi connectivity index (χ4n) is 3.52. The summed E-state index contributed by atoms with van der Waals surface area (Å²) >= 11 is 11.9. The summed E-state index contributed by atoms with van der Waals surface area (Å²) in [7, 11) is 1.57. The molecule has 1 amide bonds. The Bertz CT molecular complexity index is 939.